The highest BCUT2D eigenvalue weighted by molar-refractivity contribution is 7.90. The lowest BCUT2D eigenvalue weighted by atomic mass is 10.2. The molecule has 1 aromatic rings. The molecule has 0 spiro atoms. The molecule has 0 saturated carbocycles. The number of hydrogen-bond donors (Lipinski definition) is 1. The quantitative estimate of drug-likeness (QED) is 0.790. The van der Waals surface area contributed by atoms with Gasteiger partial charge in [0.1, 0.15) is 12.4 Å². The van der Waals surface area contributed by atoms with Crippen LogP contribution in [0.3, 0.4) is 0 Å². The Labute approximate surface area is 102 Å². The van der Waals surface area contributed by atoms with Crippen molar-refractivity contribution < 1.29 is 13.2 Å². The summed E-state index contributed by atoms with van der Waals surface area (Å²) < 4.78 is 27.3. The fourth-order valence-electron chi connectivity index (χ4n) is 1.15. The van der Waals surface area contributed by atoms with Crippen LogP contribution in [0, 0.1) is 11.8 Å². The predicted octanol–water partition coefficient (Wildman–Crippen LogP) is 0.420. The Bertz CT molecular complexity index is 526. The smallest absolute Gasteiger partial charge is 0.150 e. The van der Waals surface area contributed by atoms with E-state index in [0.29, 0.717) is 11.3 Å². The van der Waals surface area contributed by atoms with Crippen LogP contribution in [-0.2, 0) is 9.84 Å². The standard InChI is InChI=1S/C12H15NO3S/c1-17(14,15)10-9-16-12-7-3-2-5-11(12)6-4-8-13/h2-3,5,7H,8-10,13H2,1H3. The van der Waals surface area contributed by atoms with Gasteiger partial charge in [0.05, 0.1) is 17.9 Å². The average molecular weight is 253 g/mol. The zero-order valence-electron chi connectivity index (χ0n) is 9.64. The summed E-state index contributed by atoms with van der Waals surface area (Å²) in [7, 11) is -3.01. The van der Waals surface area contributed by atoms with Gasteiger partial charge in [0.25, 0.3) is 0 Å². The molecule has 0 fully saturated rings. The summed E-state index contributed by atoms with van der Waals surface area (Å²) in [6, 6.07) is 7.20. The fraction of sp³-hybridized carbons (Fsp3) is 0.333. The van der Waals surface area contributed by atoms with Gasteiger partial charge in [-0.05, 0) is 12.1 Å². The van der Waals surface area contributed by atoms with Crippen molar-refractivity contribution in [3.63, 3.8) is 0 Å². The van der Waals surface area contributed by atoms with Crippen molar-refractivity contribution in [2.75, 3.05) is 25.2 Å². The Kier molecular flexibility index (Phi) is 5.01. The Hall–Kier alpha value is -1.51. The first-order chi connectivity index (χ1) is 8.03. The summed E-state index contributed by atoms with van der Waals surface area (Å²) >= 11 is 0. The topological polar surface area (TPSA) is 69.4 Å². The highest BCUT2D eigenvalue weighted by Crippen LogP contribution is 2.16. The van der Waals surface area contributed by atoms with Gasteiger partial charge >= 0.3 is 0 Å². The van der Waals surface area contributed by atoms with Gasteiger partial charge in [0.2, 0.25) is 0 Å². The van der Waals surface area contributed by atoms with Crippen molar-refractivity contribution in [1.29, 1.82) is 0 Å². The molecule has 1 rings (SSSR count). The largest absolute Gasteiger partial charge is 0.491 e. The molecule has 0 radical (unpaired) electrons. The van der Waals surface area contributed by atoms with Crippen LogP contribution in [0.1, 0.15) is 5.56 Å². The highest BCUT2D eigenvalue weighted by atomic mass is 32.2. The monoisotopic (exact) mass is 253 g/mol. The Balaban J connectivity index is 2.70. The molecule has 2 N–H and O–H groups in total. The number of hydrogen-bond acceptors (Lipinski definition) is 4. The first-order valence-electron chi connectivity index (χ1n) is 5.11. The summed E-state index contributed by atoms with van der Waals surface area (Å²) in [6.45, 7) is 0.401. The summed E-state index contributed by atoms with van der Waals surface area (Å²) in [5.74, 6) is 6.17. The molecule has 0 aliphatic carbocycles. The number of para-hydroxylation sites is 1. The molecule has 17 heavy (non-hydrogen) atoms. The maximum Gasteiger partial charge on any atom is 0.150 e. The highest BCUT2D eigenvalue weighted by Gasteiger charge is 2.04. The molecule has 5 heteroatoms. The Morgan fingerprint density at radius 3 is 2.71 bits per heavy atom. The van der Waals surface area contributed by atoms with Gasteiger partial charge in [0, 0.05) is 6.26 Å². The van der Waals surface area contributed by atoms with Crippen molar-refractivity contribution in [3.05, 3.63) is 29.8 Å². The summed E-state index contributed by atoms with van der Waals surface area (Å²) in [5, 5.41) is 0. The molecule has 4 nitrogen and oxygen atoms in total. The van der Waals surface area contributed by atoms with Crippen LogP contribution >= 0.6 is 0 Å². The normalized spacial score (nSPS) is 10.5. The average Bonchev–Trinajstić information content (AvgIpc) is 2.26. The lowest BCUT2D eigenvalue weighted by Gasteiger charge is -2.07. The van der Waals surface area contributed by atoms with E-state index in [1.165, 1.54) is 6.26 Å². The minimum absolute atomic E-state index is 0.00828. The van der Waals surface area contributed by atoms with Crippen LogP contribution in [0.25, 0.3) is 0 Å². The van der Waals surface area contributed by atoms with E-state index in [1.54, 1.807) is 12.1 Å². The van der Waals surface area contributed by atoms with Crippen molar-refractivity contribution >= 4 is 9.84 Å². The number of ether oxygens (including phenoxy) is 1. The summed E-state index contributed by atoms with van der Waals surface area (Å²) in [6.07, 6.45) is 1.18. The van der Waals surface area contributed by atoms with E-state index in [0.717, 1.165) is 0 Å². The third kappa shape index (κ3) is 5.38. The molecule has 1 aromatic carbocycles. The third-order valence-corrected chi connectivity index (χ3v) is 2.83. The summed E-state index contributed by atoms with van der Waals surface area (Å²) in [4.78, 5) is 0. The minimum atomic E-state index is -3.01. The van der Waals surface area contributed by atoms with Crippen LogP contribution in [-0.4, -0.2) is 33.6 Å². The zero-order chi connectivity index (χ0) is 12.7. The molecule has 0 aromatic heterocycles. The van der Waals surface area contributed by atoms with E-state index in [-0.39, 0.29) is 18.9 Å². The summed E-state index contributed by atoms with van der Waals surface area (Å²) in [5.41, 5.74) is 6.00. The molecule has 0 unspecified atom stereocenters. The van der Waals surface area contributed by atoms with Gasteiger partial charge in [-0.2, -0.15) is 0 Å². The van der Waals surface area contributed by atoms with Crippen molar-refractivity contribution in [2.45, 2.75) is 0 Å². The molecule has 0 heterocycles. The van der Waals surface area contributed by atoms with Crippen LogP contribution < -0.4 is 10.5 Å². The van der Waals surface area contributed by atoms with Crippen molar-refractivity contribution in [1.82, 2.24) is 0 Å². The first kappa shape index (κ1) is 13.6. The molecule has 92 valence electrons. The maximum absolute atomic E-state index is 11.0. The SMILES string of the molecule is CS(=O)(=O)CCOc1ccccc1C#CCN. The second-order valence-corrected chi connectivity index (χ2v) is 5.74. The Morgan fingerprint density at radius 1 is 1.35 bits per heavy atom. The molecule has 0 bridgehead atoms. The van der Waals surface area contributed by atoms with Crippen molar-refractivity contribution in [2.24, 2.45) is 5.73 Å². The minimum Gasteiger partial charge on any atom is -0.491 e. The number of sulfone groups is 1. The van der Waals surface area contributed by atoms with E-state index in [2.05, 4.69) is 11.8 Å². The van der Waals surface area contributed by atoms with Gasteiger partial charge < -0.3 is 10.5 Å². The van der Waals surface area contributed by atoms with Crippen LogP contribution in [0.5, 0.6) is 5.75 Å². The molecule has 0 aliphatic heterocycles. The third-order valence-electron chi connectivity index (χ3n) is 1.92. The van der Waals surface area contributed by atoms with Gasteiger partial charge in [-0.25, -0.2) is 8.42 Å². The number of rotatable bonds is 4. The van der Waals surface area contributed by atoms with Gasteiger partial charge in [-0.1, -0.05) is 24.0 Å². The second kappa shape index (κ2) is 6.28. The van der Waals surface area contributed by atoms with Crippen LogP contribution in [0.4, 0.5) is 0 Å². The van der Waals surface area contributed by atoms with E-state index < -0.39 is 9.84 Å². The predicted molar refractivity (Wildman–Crippen MR) is 67.6 cm³/mol. The number of benzene rings is 1. The van der Waals surface area contributed by atoms with Crippen LogP contribution in [0.2, 0.25) is 0 Å². The molecular formula is C12H15NO3S. The van der Waals surface area contributed by atoms with Gasteiger partial charge in [-0.15, -0.1) is 0 Å². The molecule has 0 amide bonds. The lowest BCUT2D eigenvalue weighted by molar-refractivity contribution is 0.340. The molecular weight excluding hydrogens is 238 g/mol. The Morgan fingerprint density at radius 2 is 2.06 bits per heavy atom. The lowest BCUT2D eigenvalue weighted by Crippen LogP contribution is -2.12. The first-order valence-corrected chi connectivity index (χ1v) is 7.17. The van der Waals surface area contributed by atoms with Crippen molar-refractivity contribution in [3.8, 4) is 17.6 Å². The van der Waals surface area contributed by atoms with E-state index >= 15 is 0 Å². The van der Waals surface area contributed by atoms with E-state index in [4.69, 9.17) is 10.5 Å². The van der Waals surface area contributed by atoms with E-state index in [1.807, 2.05) is 12.1 Å². The molecule has 0 atom stereocenters. The zero-order valence-corrected chi connectivity index (χ0v) is 10.5. The second-order valence-electron chi connectivity index (χ2n) is 3.48. The van der Waals surface area contributed by atoms with Gasteiger partial charge in [0.15, 0.2) is 9.84 Å². The van der Waals surface area contributed by atoms with Gasteiger partial charge in [-0.3, -0.25) is 0 Å². The van der Waals surface area contributed by atoms with E-state index in [9.17, 15) is 8.42 Å². The number of nitrogens with two attached hydrogens (primary N) is 1. The maximum atomic E-state index is 11.0. The molecule has 0 aliphatic rings. The molecule has 0 saturated heterocycles. The fourth-order valence-corrected chi connectivity index (χ4v) is 1.53. The van der Waals surface area contributed by atoms with Crippen LogP contribution in [0.15, 0.2) is 24.3 Å².